The lowest BCUT2D eigenvalue weighted by atomic mass is 9.99. The van der Waals surface area contributed by atoms with Crippen LogP contribution < -0.4 is 4.90 Å². The van der Waals surface area contributed by atoms with E-state index in [1.54, 1.807) is 6.20 Å². The van der Waals surface area contributed by atoms with Crippen molar-refractivity contribution in [3.8, 4) is 0 Å². The molecular formula is C21H27N3O. The Balaban J connectivity index is 1.84. The summed E-state index contributed by atoms with van der Waals surface area (Å²) < 4.78 is 0. The Kier molecular flexibility index (Phi) is 5.37. The summed E-state index contributed by atoms with van der Waals surface area (Å²) in [4.78, 5) is 21.3. The third-order valence-electron chi connectivity index (χ3n) is 4.98. The molecule has 132 valence electrons. The number of likely N-dealkylation sites (tertiary alicyclic amines) is 1. The maximum Gasteiger partial charge on any atom is 0.255 e. The fraction of sp³-hybridized carbons (Fsp3) is 0.429. The standard InChI is InChI=1S/C21H27N3O/c1-4-24(19-7-5-6-17(3)12-19)20-13-18(14-22-15-20)21(25)23-10-8-16(2)9-11-23/h5-7,12-16H,4,8-11H2,1-3H3. The van der Waals surface area contributed by atoms with Crippen molar-refractivity contribution in [1.82, 2.24) is 9.88 Å². The highest BCUT2D eigenvalue weighted by atomic mass is 16.2. The molecule has 0 aliphatic carbocycles. The molecule has 1 amide bonds. The average Bonchev–Trinajstić information content (AvgIpc) is 2.63. The van der Waals surface area contributed by atoms with E-state index in [1.165, 1.54) is 5.56 Å². The van der Waals surface area contributed by atoms with Gasteiger partial charge in [-0.1, -0.05) is 19.1 Å². The number of nitrogens with zero attached hydrogens (tertiary/aromatic N) is 3. The quantitative estimate of drug-likeness (QED) is 0.828. The number of carbonyl (C=O) groups excluding carboxylic acids is 1. The zero-order chi connectivity index (χ0) is 17.8. The lowest BCUT2D eigenvalue weighted by molar-refractivity contribution is 0.0697. The van der Waals surface area contributed by atoms with Crippen molar-refractivity contribution in [3.05, 3.63) is 53.9 Å². The minimum absolute atomic E-state index is 0.0987. The maximum absolute atomic E-state index is 12.8. The first-order valence-electron chi connectivity index (χ1n) is 9.17. The van der Waals surface area contributed by atoms with Crippen molar-refractivity contribution in [2.45, 2.75) is 33.6 Å². The van der Waals surface area contributed by atoms with Crippen LogP contribution >= 0.6 is 0 Å². The predicted octanol–water partition coefficient (Wildman–Crippen LogP) is 4.42. The molecule has 25 heavy (non-hydrogen) atoms. The Hall–Kier alpha value is -2.36. The molecule has 1 aliphatic rings. The monoisotopic (exact) mass is 337 g/mol. The number of benzene rings is 1. The number of aryl methyl sites for hydroxylation is 1. The van der Waals surface area contributed by atoms with Gasteiger partial charge in [0.15, 0.2) is 0 Å². The number of piperidine rings is 1. The van der Waals surface area contributed by atoms with Gasteiger partial charge in [-0.05, 0) is 56.4 Å². The maximum atomic E-state index is 12.8. The van der Waals surface area contributed by atoms with Gasteiger partial charge in [0.05, 0.1) is 17.4 Å². The molecule has 2 aromatic rings. The van der Waals surface area contributed by atoms with Crippen LogP contribution in [-0.4, -0.2) is 35.4 Å². The fourth-order valence-electron chi connectivity index (χ4n) is 3.40. The summed E-state index contributed by atoms with van der Waals surface area (Å²) in [5, 5.41) is 0. The first-order valence-corrected chi connectivity index (χ1v) is 9.17. The van der Waals surface area contributed by atoms with Crippen molar-refractivity contribution in [1.29, 1.82) is 0 Å². The van der Waals surface area contributed by atoms with E-state index < -0.39 is 0 Å². The van der Waals surface area contributed by atoms with E-state index in [0.29, 0.717) is 11.5 Å². The van der Waals surface area contributed by atoms with Crippen molar-refractivity contribution in [2.75, 3.05) is 24.5 Å². The molecule has 0 saturated carbocycles. The van der Waals surface area contributed by atoms with Gasteiger partial charge in [-0.15, -0.1) is 0 Å². The molecule has 0 spiro atoms. The molecule has 0 N–H and O–H groups in total. The molecule has 1 aliphatic heterocycles. The first kappa shape index (κ1) is 17.5. The molecular weight excluding hydrogens is 310 g/mol. The Bertz CT molecular complexity index is 735. The van der Waals surface area contributed by atoms with Crippen LogP contribution in [0, 0.1) is 12.8 Å². The summed E-state index contributed by atoms with van der Waals surface area (Å²) in [7, 11) is 0. The summed E-state index contributed by atoms with van der Waals surface area (Å²) >= 11 is 0. The van der Waals surface area contributed by atoms with Gasteiger partial charge in [-0.25, -0.2) is 0 Å². The van der Waals surface area contributed by atoms with Crippen molar-refractivity contribution in [3.63, 3.8) is 0 Å². The topological polar surface area (TPSA) is 36.4 Å². The second kappa shape index (κ2) is 7.68. The Morgan fingerprint density at radius 2 is 1.96 bits per heavy atom. The number of anilines is 2. The van der Waals surface area contributed by atoms with Crippen LogP contribution in [0.25, 0.3) is 0 Å². The predicted molar refractivity (Wildman–Crippen MR) is 102 cm³/mol. The fourth-order valence-corrected chi connectivity index (χ4v) is 3.40. The minimum atomic E-state index is 0.0987. The van der Waals surface area contributed by atoms with E-state index in [4.69, 9.17) is 0 Å². The van der Waals surface area contributed by atoms with Crippen molar-refractivity contribution in [2.24, 2.45) is 5.92 Å². The summed E-state index contributed by atoms with van der Waals surface area (Å²) in [5.41, 5.74) is 3.99. The SMILES string of the molecule is CCN(c1cccc(C)c1)c1cncc(C(=O)N2CCC(C)CC2)c1. The van der Waals surface area contributed by atoms with E-state index in [-0.39, 0.29) is 5.91 Å². The molecule has 4 heteroatoms. The molecule has 0 radical (unpaired) electrons. The molecule has 1 aromatic carbocycles. The summed E-state index contributed by atoms with van der Waals surface area (Å²) in [5.74, 6) is 0.812. The van der Waals surface area contributed by atoms with Gasteiger partial charge < -0.3 is 9.80 Å². The normalized spacial score (nSPS) is 15.2. The highest BCUT2D eigenvalue weighted by Gasteiger charge is 2.22. The molecule has 0 atom stereocenters. The number of rotatable bonds is 4. The lowest BCUT2D eigenvalue weighted by Gasteiger charge is -2.30. The number of aromatic nitrogens is 1. The first-order chi connectivity index (χ1) is 12.1. The molecule has 0 unspecified atom stereocenters. The average molecular weight is 337 g/mol. The Morgan fingerprint density at radius 3 is 2.64 bits per heavy atom. The highest BCUT2D eigenvalue weighted by molar-refractivity contribution is 5.95. The second-order valence-electron chi connectivity index (χ2n) is 6.99. The summed E-state index contributed by atoms with van der Waals surface area (Å²) in [6.45, 7) is 8.98. The third-order valence-corrected chi connectivity index (χ3v) is 4.98. The lowest BCUT2D eigenvalue weighted by Crippen LogP contribution is -2.38. The summed E-state index contributed by atoms with van der Waals surface area (Å²) in [6.07, 6.45) is 5.70. The van der Waals surface area contributed by atoms with E-state index in [2.05, 4.69) is 54.9 Å². The number of hydrogen-bond donors (Lipinski definition) is 0. The van der Waals surface area contributed by atoms with Crippen LogP contribution in [0.15, 0.2) is 42.7 Å². The zero-order valence-corrected chi connectivity index (χ0v) is 15.4. The van der Waals surface area contributed by atoms with Gasteiger partial charge in [-0.3, -0.25) is 9.78 Å². The second-order valence-corrected chi connectivity index (χ2v) is 6.99. The van der Waals surface area contributed by atoms with Gasteiger partial charge in [0.2, 0.25) is 0 Å². The number of hydrogen-bond acceptors (Lipinski definition) is 3. The number of carbonyl (C=O) groups is 1. The van der Waals surface area contributed by atoms with Crippen LogP contribution in [-0.2, 0) is 0 Å². The number of pyridine rings is 1. The molecule has 4 nitrogen and oxygen atoms in total. The van der Waals surface area contributed by atoms with Gasteiger partial charge in [-0.2, -0.15) is 0 Å². The van der Waals surface area contributed by atoms with E-state index in [9.17, 15) is 4.79 Å². The highest BCUT2D eigenvalue weighted by Crippen LogP contribution is 2.26. The van der Waals surface area contributed by atoms with E-state index in [0.717, 1.165) is 43.9 Å². The van der Waals surface area contributed by atoms with Crippen LogP contribution in [0.4, 0.5) is 11.4 Å². The van der Waals surface area contributed by atoms with Gasteiger partial charge in [0.25, 0.3) is 5.91 Å². The van der Waals surface area contributed by atoms with Crippen molar-refractivity contribution >= 4 is 17.3 Å². The molecule has 0 bridgehead atoms. The molecule has 1 saturated heterocycles. The minimum Gasteiger partial charge on any atom is -0.340 e. The number of amides is 1. The van der Waals surface area contributed by atoms with Crippen molar-refractivity contribution < 1.29 is 4.79 Å². The molecule has 2 heterocycles. The zero-order valence-electron chi connectivity index (χ0n) is 15.4. The van der Waals surface area contributed by atoms with Crippen LogP contribution in [0.2, 0.25) is 0 Å². The third kappa shape index (κ3) is 4.01. The summed E-state index contributed by atoms with van der Waals surface area (Å²) in [6, 6.07) is 10.4. The van der Waals surface area contributed by atoms with Gasteiger partial charge >= 0.3 is 0 Å². The molecule has 1 fully saturated rings. The van der Waals surface area contributed by atoms with E-state index in [1.807, 2.05) is 17.2 Å². The van der Waals surface area contributed by atoms with Gasteiger partial charge in [0, 0.05) is 31.5 Å². The van der Waals surface area contributed by atoms with Crippen LogP contribution in [0.5, 0.6) is 0 Å². The van der Waals surface area contributed by atoms with E-state index >= 15 is 0 Å². The van der Waals surface area contributed by atoms with Crippen LogP contribution in [0.1, 0.15) is 42.6 Å². The van der Waals surface area contributed by atoms with Crippen LogP contribution in [0.3, 0.4) is 0 Å². The largest absolute Gasteiger partial charge is 0.340 e. The molecule has 3 rings (SSSR count). The Morgan fingerprint density at radius 1 is 1.20 bits per heavy atom. The Labute approximate surface area is 150 Å². The van der Waals surface area contributed by atoms with Gasteiger partial charge in [0.1, 0.15) is 0 Å². The smallest absolute Gasteiger partial charge is 0.255 e. The molecule has 1 aromatic heterocycles.